The van der Waals surface area contributed by atoms with Crippen molar-refractivity contribution in [3.8, 4) is 0 Å². The van der Waals surface area contributed by atoms with E-state index < -0.39 is 42.4 Å². The van der Waals surface area contributed by atoms with Crippen LogP contribution in [0, 0.1) is 0 Å². The fourth-order valence-corrected chi connectivity index (χ4v) is 6.20. The Morgan fingerprint density at radius 2 is 1.83 bits per heavy atom. The summed E-state index contributed by atoms with van der Waals surface area (Å²) in [6.45, 7) is 3.46. The number of amides is 5. The van der Waals surface area contributed by atoms with Crippen LogP contribution in [0.5, 0.6) is 0 Å². The minimum atomic E-state index is -1.11. The van der Waals surface area contributed by atoms with E-state index in [0.717, 1.165) is 10.5 Å². The van der Waals surface area contributed by atoms with Crippen LogP contribution in [-0.4, -0.2) is 81.3 Å². The molecule has 0 aliphatic carbocycles. The number of aliphatic carboxylic acids is 1. The van der Waals surface area contributed by atoms with Crippen LogP contribution in [0.25, 0.3) is 0 Å². The Bertz CT molecular complexity index is 1420. The highest BCUT2D eigenvalue weighted by molar-refractivity contribution is 8.76. The predicted octanol–water partition coefficient (Wildman–Crippen LogP) is 3.12. The van der Waals surface area contributed by atoms with Crippen LogP contribution in [0.2, 0.25) is 0 Å². The first kappa shape index (κ1) is 30.7. The Morgan fingerprint density at radius 1 is 1.07 bits per heavy atom. The van der Waals surface area contributed by atoms with Gasteiger partial charge in [0.2, 0.25) is 11.8 Å². The number of benzene rings is 2. The summed E-state index contributed by atoms with van der Waals surface area (Å²) in [6.07, 6.45) is -0.154. The molecule has 2 aromatic carbocycles. The fraction of sp³-hybridized carbons (Fsp3) is 0.286. The lowest BCUT2D eigenvalue weighted by atomic mass is 10.0. The molecule has 1 unspecified atom stereocenters. The molecule has 1 saturated heterocycles. The third-order valence-electron chi connectivity index (χ3n) is 6.38. The lowest BCUT2D eigenvalue weighted by molar-refractivity contribution is -0.143. The monoisotopic (exact) mass is 612 g/mol. The van der Waals surface area contributed by atoms with Gasteiger partial charge < -0.3 is 20.1 Å². The van der Waals surface area contributed by atoms with Gasteiger partial charge in [0, 0.05) is 18.0 Å². The molecule has 2 heterocycles. The molecule has 2 aliphatic heterocycles. The van der Waals surface area contributed by atoms with Crippen LogP contribution in [0.15, 0.2) is 60.8 Å². The third kappa shape index (κ3) is 7.50. The Labute approximate surface area is 249 Å². The molecule has 3 N–H and O–H groups in total. The van der Waals surface area contributed by atoms with Crippen molar-refractivity contribution in [2.45, 2.75) is 25.4 Å². The summed E-state index contributed by atoms with van der Waals surface area (Å²) in [5, 5.41) is 14.2. The largest absolute Gasteiger partial charge is 0.480 e. The van der Waals surface area contributed by atoms with Crippen molar-refractivity contribution in [3.05, 3.63) is 77.5 Å². The number of anilines is 1. The Hall–Kier alpha value is -4.30. The van der Waals surface area contributed by atoms with Gasteiger partial charge in [0.05, 0.1) is 22.6 Å². The zero-order valence-electron chi connectivity index (χ0n) is 22.4. The highest BCUT2D eigenvalue weighted by atomic mass is 33.1. The molecule has 4 rings (SSSR count). The average molecular weight is 613 g/mol. The molecule has 0 aromatic heterocycles. The molecule has 0 bridgehead atoms. The minimum absolute atomic E-state index is 0.0125. The number of ether oxygens (including phenoxy) is 1. The first-order chi connectivity index (χ1) is 20.2. The number of allylic oxidation sites excluding steroid dienone is 1. The van der Waals surface area contributed by atoms with Crippen molar-refractivity contribution >= 4 is 63.0 Å². The normalized spacial score (nSPS) is 16.1. The van der Waals surface area contributed by atoms with Gasteiger partial charge >= 0.3 is 12.1 Å². The number of nitrogens with one attached hydrogen (secondary N) is 2. The number of fused-ring (bicyclic) bond motifs is 1. The van der Waals surface area contributed by atoms with Gasteiger partial charge in [-0.2, -0.15) is 0 Å². The molecule has 0 spiro atoms. The van der Waals surface area contributed by atoms with Crippen molar-refractivity contribution < 1.29 is 38.6 Å². The second-order valence-electron chi connectivity index (χ2n) is 9.33. The number of hydrogen-bond acceptors (Lipinski definition) is 9. The molecule has 0 saturated carbocycles. The van der Waals surface area contributed by atoms with E-state index in [1.54, 1.807) is 0 Å². The minimum Gasteiger partial charge on any atom is -0.480 e. The molecule has 2 aliphatic rings. The lowest BCUT2D eigenvalue weighted by Crippen LogP contribution is -2.51. The van der Waals surface area contributed by atoms with E-state index in [1.807, 2.05) is 30.3 Å². The number of nitrogens with zero attached hydrogens (tertiary/aromatic N) is 2. The quantitative estimate of drug-likeness (QED) is 0.184. The SMILES string of the molecule is C=C1CCC(N2C(=O)c3cccc(NC(=O)OCCSSCC(=O)N(CC(=O)O)Cc4ccccc4)c3C2=O)C(=O)N1. The maximum absolute atomic E-state index is 13.2. The summed E-state index contributed by atoms with van der Waals surface area (Å²) in [7, 11) is 2.49. The van der Waals surface area contributed by atoms with Gasteiger partial charge in [-0.25, -0.2) is 4.79 Å². The number of carbonyl (C=O) groups excluding carboxylic acids is 5. The molecule has 220 valence electrons. The van der Waals surface area contributed by atoms with E-state index in [9.17, 15) is 28.8 Å². The summed E-state index contributed by atoms with van der Waals surface area (Å²) < 4.78 is 5.19. The molecule has 14 heteroatoms. The van der Waals surface area contributed by atoms with E-state index in [2.05, 4.69) is 17.2 Å². The van der Waals surface area contributed by atoms with E-state index in [0.29, 0.717) is 17.9 Å². The number of carbonyl (C=O) groups is 6. The second-order valence-corrected chi connectivity index (χ2v) is 11.9. The first-order valence-corrected chi connectivity index (χ1v) is 15.4. The summed E-state index contributed by atoms with van der Waals surface area (Å²) in [5.41, 5.74) is 1.49. The topological polar surface area (TPSA) is 162 Å². The van der Waals surface area contributed by atoms with Crippen LogP contribution in [0.1, 0.15) is 39.1 Å². The molecule has 2 aromatic rings. The van der Waals surface area contributed by atoms with E-state index >= 15 is 0 Å². The summed E-state index contributed by atoms with van der Waals surface area (Å²) in [6, 6.07) is 12.5. The van der Waals surface area contributed by atoms with Gasteiger partial charge in [0.15, 0.2) is 0 Å². The predicted molar refractivity (Wildman–Crippen MR) is 157 cm³/mol. The van der Waals surface area contributed by atoms with E-state index in [-0.39, 0.29) is 48.0 Å². The zero-order chi connectivity index (χ0) is 30.2. The molecule has 12 nitrogen and oxygen atoms in total. The molecule has 1 fully saturated rings. The smallest absolute Gasteiger partial charge is 0.411 e. The molecule has 0 radical (unpaired) electrons. The van der Waals surface area contributed by atoms with Crippen molar-refractivity contribution in [2.24, 2.45) is 0 Å². The molecule has 1 atom stereocenters. The van der Waals surface area contributed by atoms with Crippen molar-refractivity contribution in [1.82, 2.24) is 15.1 Å². The number of piperidine rings is 1. The summed E-state index contributed by atoms with van der Waals surface area (Å²) in [4.78, 5) is 77.0. The Morgan fingerprint density at radius 3 is 2.55 bits per heavy atom. The molecule has 42 heavy (non-hydrogen) atoms. The van der Waals surface area contributed by atoms with Crippen molar-refractivity contribution in [3.63, 3.8) is 0 Å². The van der Waals surface area contributed by atoms with Crippen LogP contribution >= 0.6 is 21.6 Å². The van der Waals surface area contributed by atoms with Gasteiger partial charge in [0.25, 0.3) is 11.8 Å². The summed E-state index contributed by atoms with van der Waals surface area (Å²) in [5.74, 6) is -2.86. The van der Waals surface area contributed by atoms with Gasteiger partial charge in [-0.3, -0.25) is 34.2 Å². The lowest BCUT2D eigenvalue weighted by Gasteiger charge is -2.29. The fourth-order valence-electron chi connectivity index (χ4n) is 4.46. The van der Waals surface area contributed by atoms with Gasteiger partial charge in [-0.15, -0.1) is 0 Å². The van der Waals surface area contributed by atoms with Crippen molar-refractivity contribution in [2.75, 3.05) is 30.0 Å². The van der Waals surface area contributed by atoms with Crippen LogP contribution in [0.3, 0.4) is 0 Å². The number of hydrogen-bond donors (Lipinski definition) is 3. The van der Waals surface area contributed by atoms with Crippen LogP contribution in [-0.2, 0) is 25.7 Å². The van der Waals surface area contributed by atoms with E-state index in [1.165, 1.54) is 44.7 Å². The Kier molecular flexibility index (Phi) is 10.3. The van der Waals surface area contributed by atoms with Crippen LogP contribution in [0.4, 0.5) is 10.5 Å². The number of carboxylic acid groups (broad SMARTS) is 1. The average Bonchev–Trinajstić information content (AvgIpc) is 3.20. The van der Waals surface area contributed by atoms with E-state index in [4.69, 9.17) is 9.84 Å². The van der Waals surface area contributed by atoms with Gasteiger partial charge in [-0.05, 0) is 30.5 Å². The standard InChI is InChI=1S/C28H28N4O8S2/c1-17-10-11-21(25(36)29-17)32-26(37)19-8-5-9-20(24(19)27(32)38)30-28(39)40-12-13-41-42-16-22(33)31(15-23(34)35)14-18-6-3-2-4-7-18/h2-9,21H,1,10-16H2,(H,29,36)(H,30,39)(H,34,35). The maximum Gasteiger partial charge on any atom is 0.411 e. The molecular weight excluding hydrogens is 584 g/mol. The second kappa shape index (κ2) is 14.0. The number of imide groups is 1. The summed E-state index contributed by atoms with van der Waals surface area (Å²) >= 11 is 0. The number of rotatable bonds is 12. The molecular formula is C28H28N4O8S2. The maximum atomic E-state index is 13.2. The number of carboxylic acids is 1. The first-order valence-electron chi connectivity index (χ1n) is 12.9. The van der Waals surface area contributed by atoms with Gasteiger partial charge in [-0.1, -0.05) is 64.6 Å². The van der Waals surface area contributed by atoms with Gasteiger partial charge in [0.1, 0.15) is 19.2 Å². The van der Waals surface area contributed by atoms with Crippen LogP contribution < -0.4 is 10.6 Å². The highest BCUT2D eigenvalue weighted by Gasteiger charge is 2.45. The highest BCUT2D eigenvalue weighted by Crippen LogP contribution is 2.33. The third-order valence-corrected chi connectivity index (χ3v) is 8.60. The zero-order valence-corrected chi connectivity index (χ0v) is 24.0. The molecule has 5 amide bonds. The van der Waals surface area contributed by atoms with Crippen molar-refractivity contribution in [1.29, 1.82) is 0 Å². The Balaban J connectivity index is 1.23.